The van der Waals surface area contributed by atoms with Crippen molar-refractivity contribution in [2.45, 2.75) is 13.8 Å². The molecule has 32 heavy (non-hydrogen) atoms. The van der Waals surface area contributed by atoms with Crippen LogP contribution in [0.4, 0.5) is 10.5 Å². The molecule has 2 aromatic carbocycles. The van der Waals surface area contributed by atoms with E-state index in [-0.39, 0.29) is 18.1 Å². The first-order chi connectivity index (χ1) is 15.2. The molecule has 1 aliphatic rings. The molecule has 0 atom stereocenters. The van der Waals surface area contributed by atoms with Crippen LogP contribution < -0.4 is 10.1 Å². The number of imide groups is 1. The first kappa shape index (κ1) is 24.6. The number of aryl methyl sites for hydroxylation is 1. The maximum Gasteiger partial charge on any atom is 0.294 e. The van der Waals surface area contributed by atoms with Crippen molar-refractivity contribution < 1.29 is 19.1 Å². The molecule has 2 aromatic rings. The lowest BCUT2D eigenvalue weighted by Gasteiger charge is -2.14. The summed E-state index contributed by atoms with van der Waals surface area (Å²) in [5, 5.41) is 2.30. The molecule has 3 rings (SSSR count). The summed E-state index contributed by atoms with van der Waals surface area (Å²) >= 11 is 5.08. The molecule has 1 saturated heterocycles. The second kappa shape index (κ2) is 10.7. The Kier molecular flexibility index (Phi) is 8.24. The van der Waals surface area contributed by atoms with Crippen LogP contribution in [0.5, 0.6) is 5.75 Å². The minimum Gasteiger partial charge on any atom is -0.479 e. The molecule has 0 aromatic heterocycles. The summed E-state index contributed by atoms with van der Waals surface area (Å²) in [6.45, 7) is 3.67. The number of benzene rings is 2. The smallest absolute Gasteiger partial charge is 0.294 e. The standard InChI is InChI=1S/C23H18I2N2O4S/c1-4-8-31-21-16(24)9-15(10-17(21)25)11-19-22(29)27(23(30)32-19)12-20(28)26-18-7-5-6-13(2)14(18)3/h1,5-7,9-11H,8,12H2,2-3H3,(H,26,28)/b19-11-. The summed E-state index contributed by atoms with van der Waals surface area (Å²) in [5.41, 5.74) is 3.39. The molecule has 0 radical (unpaired) electrons. The zero-order valence-corrected chi connectivity index (χ0v) is 22.3. The largest absolute Gasteiger partial charge is 0.479 e. The van der Waals surface area contributed by atoms with Crippen molar-refractivity contribution in [1.82, 2.24) is 4.90 Å². The third-order valence-electron chi connectivity index (χ3n) is 4.67. The number of ether oxygens (including phenoxy) is 1. The molecule has 3 amide bonds. The van der Waals surface area contributed by atoms with Crippen molar-refractivity contribution in [2.24, 2.45) is 0 Å². The van der Waals surface area contributed by atoms with Gasteiger partial charge in [-0.2, -0.15) is 0 Å². The van der Waals surface area contributed by atoms with E-state index in [1.165, 1.54) is 0 Å². The van der Waals surface area contributed by atoms with Gasteiger partial charge >= 0.3 is 0 Å². The fourth-order valence-corrected chi connectivity index (χ4v) is 5.89. The minimum absolute atomic E-state index is 0.161. The number of halogens is 2. The second-order valence-electron chi connectivity index (χ2n) is 6.87. The van der Waals surface area contributed by atoms with Crippen molar-refractivity contribution in [3.63, 3.8) is 0 Å². The average molecular weight is 672 g/mol. The van der Waals surface area contributed by atoms with Crippen molar-refractivity contribution in [3.8, 4) is 18.1 Å². The predicted molar refractivity (Wildman–Crippen MR) is 143 cm³/mol. The Hall–Kier alpha value is -2.04. The van der Waals surface area contributed by atoms with Crippen LogP contribution in [0.2, 0.25) is 0 Å². The Labute approximate surface area is 217 Å². The monoisotopic (exact) mass is 672 g/mol. The highest BCUT2D eigenvalue weighted by atomic mass is 127. The Morgan fingerprint density at radius 3 is 2.59 bits per heavy atom. The summed E-state index contributed by atoms with van der Waals surface area (Å²) in [6.07, 6.45) is 6.89. The predicted octanol–water partition coefficient (Wildman–Crippen LogP) is 5.20. The van der Waals surface area contributed by atoms with Gasteiger partial charge in [-0.25, -0.2) is 0 Å². The molecule has 0 aliphatic carbocycles. The van der Waals surface area contributed by atoms with E-state index < -0.39 is 17.1 Å². The van der Waals surface area contributed by atoms with E-state index in [9.17, 15) is 14.4 Å². The fraction of sp³-hybridized carbons (Fsp3) is 0.174. The quantitative estimate of drug-likeness (QED) is 0.260. The van der Waals surface area contributed by atoms with Crippen LogP contribution in [0.25, 0.3) is 6.08 Å². The van der Waals surface area contributed by atoms with Crippen LogP contribution in [-0.2, 0) is 9.59 Å². The van der Waals surface area contributed by atoms with Crippen molar-refractivity contribution in [3.05, 3.63) is 59.1 Å². The van der Waals surface area contributed by atoms with Crippen LogP contribution >= 0.6 is 56.9 Å². The first-order valence-corrected chi connectivity index (χ1v) is 12.4. The Morgan fingerprint density at radius 2 is 1.94 bits per heavy atom. The number of carbonyl (C=O) groups is 3. The van der Waals surface area contributed by atoms with Crippen molar-refractivity contribution in [1.29, 1.82) is 0 Å². The first-order valence-electron chi connectivity index (χ1n) is 9.38. The highest BCUT2D eigenvalue weighted by Gasteiger charge is 2.36. The second-order valence-corrected chi connectivity index (χ2v) is 10.2. The van der Waals surface area contributed by atoms with E-state index in [0.717, 1.165) is 40.5 Å². The van der Waals surface area contributed by atoms with Crippen molar-refractivity contribution >= 4 is 85.8 Å². The molecule has 1 heterocycles. The van der Waals surface area contributed by atoms with Gasteiger partial charge in [0.15, 0.2) is 0 Å². The number of carbonyl (C=O) groups excluding carboxylic acids is 3. The normalized spacial score (nSPS) is 14.6. The molecule has 0 saturated carbocycles. The molecule has 9 heteroatoms. The lowest BCUT2D eigenvalue weighted by Crippen LogP contribution is -2.36. The zero-order chi connectivity index (χ0) is 23.4. The molecule has 164 valence electrons. The molecule has 1 N–H and O–H groups in total. The van der Waals surface area contributed by atoms with Gasteiger partial charge in [0.05, 0.1) is 12.0 Å². The number of thioether (sulfide) groups is 1. The summed E-state index contributed by atoms with van der Waals surface area (Å²) in [7, 11) is 0. The van der Waals surface area contributed by atoms with Gasteiger partial charge in [0.2, 0.25) is 5.91 Å². The Balaban J connectivity index is 1.74. The minimum atomic E-state index is -0.492. The number of nitrogens with one attached hydrogen (secondary N) is 1. The van der Waals surface area contributed by atoms with E-state index >= 15 is 0 Å². The molecule has 1 fully saturated rings. The fourth-order valence-electron chi connectivity index (χ4n) is 2.92. The van der Waals surface area contributed by atoms with E-state index in [2.05, 4.69) is 56.4 Å². The lowest BCUT2D eigenvalue weighted by atomic mass is 10.1. The highest BCUT2D eigenvalue weighted by molar-refractivity contribution is 14.1. The van der Waals surface area contributed by atoms with E-state index in [0.29, 0.717) is 11.4 Å². The van der Waals surface area contributed by atoms with Gasteiger partial charge < -0.3 is 10.1 Å². The van der Waals surface area contributed by atoms with E-state index in [4.69, 9.17) is 11.2 Å². The molecular formula is C23H18I2N2O4S. The number of anilines is 1. The van der Waals surface area contributed by atoms with Crippen molar-refractivity contribution in [2.75, 3.05) is 18.5 Å². The van der Waals surface area contributed by atoms with Gasteiger partial charge in [0.1, 0.15) is 18.9 Å². The van der Waals surface area contributed by atoms with Crippen LogP contribution in [0, 0.1) is 33.3 Å². The molecular weight excluding hydrogens is 654 g/mol. The SMILES string of the molecule is C#CCOc1c(I)cc(/C=C2\SC(=O)N(CC(=O)Nc3cccc(C)c3C)C2=O)cc1I. The summed E-state index contributed by atoms with van der Waals surface area (Å²) in [5.74, 6) is 2.19. The van der Waals surface area contributed by atoms with E-state index in [1.54, 1.807) is 12.1 Å². The van der Waals surface area contributed by atoms with Gasteiger partial charge in [-0.1, -0.05) is 18.1 Å². The Bertz CT molecular complexity index is 1160. The number of hydrogen-bond donors (Lipinski definition) is 1. The maximum atomic E-state index is 12.8. The molecule has 1 aliphatic heterocycles. The number of terminal acetylenes is 1. The van der Waals surface area contributed by atoms with Gasteiger partial charge in [-0.05, 0) is 112 Å². The van der Waals surface area contributed by atoms with Gasteiger partial charge in [0.25, 0.3) is 11.1 Å². The summed E-state index contributed by atoms with van der Waals surface area (Å²) in [6, 6.07) is 9.26. The van der Waals surface area contributed by atoms with Gasteiger partial charge in [0, 0.05) is 5.69 Å². The molecule has 6 nitrogen and oxygen atoms in total. The molecule has 0 spiro atoms. The Morgan fingerprint density at radius 1 is 1.25 bits per heavy atom. The van der Waals surface area contributed by atoms with Crippen LogP contribution in [0.15, 0.2) is 35.2 Å². The third-order valence-corrected chi connectivity index (χ3v) is 7.18. The van der Waals surface area contributed by atoms with Gasteiger partial charge in [-0.3, -0.25) is 19.3 Å². The maximum absolute atomic E-state index is 12.8. The average Bonchev–Trinajstić information content (AvgIpc) is 2.98. The summed E-state index contributed by atoms with van der Waals surface area (Å²) < 4.78 is 7.23. The van der Waals surface area contributed by atoms with Crippen LogP contribution in [0.3, 0.4) is 0 Å². The lowest BCUT2D eigenvalue weighted by molar-refractivity contribution is -0.127. The molecule has 0 unspecified atom stereocenters. The third kappa shape index (κ3) is 5.65. The number of amides is 3. The number of rotatable bonds is 6. The van der Waals surface area contributed by atoms with Crippen LogP contribution in [0.1, 0.15) is 16.7 Å². The van der Waals surface area contributed by atoms with Gasteiger partial charge in [-0.15, -0.1) is 6.42 Å². The topological polar surface area (TPSA) is 75.7 Å². The van der Waals surface area contributed by atoms with E-state index in [1.807, 2.05) is 38.1 Å². The number of nitrogens with zero attached hydrogens (tertiary/aromatic N) is 1. The number of hydrogen-bond acceptors (Lipinski definition) is 5. The summed E-state index contributed by atoms with van der Waals surface area (Å²) in [4.78, 5) is 38.9. The van der Waals surface area contributed by atoms with Crippen LogP contribution in [-0.4, -0.2) is 35.1 Å². The highest BCUT2D eigenvalue weighted by Crippen LogP contribution is 2.34. The zero-order valence-electron chi connectivity index (χ0n) is 17.2. The molecule has 0 bridgehead atoms.